The molecule has 0 bridgehead atoms. The number of primary amides is 2. The molecule has 2 rings (SSSR count). The Balaban J connectivity index is 2.28. The number of rotatable bonds is 9. The Morgan fingerprint density at radius 3 is 1.00 bits per heavy atom. The maximum atomic E-state index is 14.1. The summed E-state index contributed by atoms with van der Waals surface area (Å²) in [6.07, 6.45) is 0. The SMILES string of the molecule is NC(=O)c1ccc(NC(=O)C(F)(F)C(F)(F)C(F)(F)C(F)(F)C(=O)Nc2ccc(C(N)=O)cc2)cc1. The maximum Gasteiger partial charge on any atom is 0.393 e. The first kappa shape index (κ1) is 28.0. The van der Waals surface area contributed by atoms with Crippen LogP contribution >= 0.6 is 0 Å². The Labute approximate surface area is 195 Å². The van der Waals surface area contributed by atoms with Crippen LogP contribution in [0.5, 0.6) is 0 Å². The molecule has 0 fully saturated rings. The molecule has 0 unspecified atom stereocenters. The second-order valence-electron chi connectivity index (χ2n) is 7.09. The molecule has 0 aromatic heterocycles. The highest BCUT2D eigenvalue weighted by atomic mass is 19.4. The lowest BCUT2D eigenvalue weighted by Crippen LogP contribution is -2.67. The predicted octanol–water partition coefficient (Wildman–Crippen LogP) is 3.00. The molecule has 2 aromatic carbocycles. The van der Waals surface area contributed by atoms with Crippen LogP contribution in [0.1, 0.15) is 20.7 Å². The Kier molecular flexibility index (Phi) is 7.33. The number of anilines is 2. The van der Waals surface area contributed by atoms with Crippen molar-refractivity contribution in [2.24, 2.45) is 11.5 Å². The second-order valence-corrected chi connectivity index (χ2v) is 7.09. The van der Waals surface area contributed by atoms with Crippen LogP contribution in [0, 0.1) is 0 Å². The third-order valence-corrected chi connectivity index (χ3v) is 4.61. The van der Waals surface area contributed by atoms with E-state index >= 15 is 0 Å². The fraction of sp³-hybridized carbons (Fsp3) is 0.200. The summed E-state index contributed by atoms with van der Waals surface area (Å²) in [5, 5.41) is 2.25. The number of benzene rings is 2. The minimum absolute atomic E-state index is 0.202. The average molecular weight is 526 g/mol. The van der Waals surface area contributed by atoms with E-state index in [0.717, 1.165) is 59.2 Å². The van der Waals surface area contributed by atoms with E-state index in [1.807, 2.05) is 0 Å². The van der Waals surface area contributed by atoms with Gasteiger partial charge < -0.3 is 22.1 Å². The number of nitrogens with two attached hydrogens (primary N) is 2. The van der Waals surface area contributed by atoms with Gasteiger partial charge in [0.2, 0.25) is 11.8 Å². The smallest absolute Gasteiger partial charge is 0.366 e. The van der Waals surface area contributed by atoms with Crippen molar-refractivity contribution in [1.82, 2.24) is 0 Å². The number of carbonyl (C=O) groups is 4. The Morgan fingerprint density at radius 2 is 0.778 bits per heavy atom. The van der Waals surface area contributed by atoms with Gasteiger partial charge in [0.15, 0.2) is 0 Å². The van der Waals surface area contributed by atoms with Crippen LogP contribution in [-0.2, 0) is 9.59 Å². The number of amides is 4. The molecular formula is C20H14F8N4O4. The van der Waals surface area contributed by atoms with Gasteiger partial charge in [-0.3, -0.25) is 19.2 Å². The first-order chi connectivity index (χ1) is 16.4. The van der Waals surface area contributed by atoms with Crippen molar-refractivity contribution in [3.05, 3.63) is 59.7 Å². The van der Waals surface area contributed by atoms with Gasteiger partial charge in [-0.1, -0.05) is 0 Å². The van der Waals surface area contributed by atoms with E-state index < -0.39 is 58.7 Å². The third-order valence-electron chi connectivity index (χ3n) is 4.61. The first-order valence-electron chi connectivity index (χ1n) is 9.30. The van der Waals surface area contributed by atoms with Crippen molar-refractivity contribution in [3.63, 3.8) is 0 Å². The van der Waals surface area contributed by atoms with Gasteiger partial charge >= 0.3 is 35.5 Å². The van der Waals surface area contributed by atoms with Crippen molar-refractivity contribution in [2.45, 2.75) is 23.7 Å². The summed E-state index contributed by atoms with van der Waals surface area (Å²) < 4.78 is 113. The standard InChI is InChI=1S/C20H14F8N4O4/c21-17(22,15(35)31-11-5-1-9(2-6-11)13(29)33)19(25,26)20(27,28)18(23,24)16(36)32-12-7-3-10(4-8-12)14(30)34/h1-8H,(H2,29,33)(H2,30,34)(H,31,35)(H,32,36). The minimum Gasteiger partial charge on any atom is -0.366 e. The van der Waals surface area contributed by atoms with E-state index in [1.165, 1.54) is 0 Å². The van der Waals surface area contributed by atoms with Gasteiger partial charge in [0.25, 0.3) is 0 Å². The molecule has 194 valence electrons. The van der Waals surface area contributed by atoms with E-state index in [-0.39, 0.29) is 11.1 Å². The molecule has 0 saturated carbocycles. The molecule has 16 heteroatoms. The van der Waals surface area contributed by atoms with Crippen LogP contribution in [0.25, 0.3) is 0 Å². The van der Waals surface area contributed by atoms with Crippen LogP contribution in [0.3, 0.4) is 0 Å². The highest BCUT2D eigenvalue weighted by Crippen LogP contribution is 2.53. The number of nitrogens with one attached hydrogen (secondary N) is 2. The Morgan fingerprint density at radius 1 is 0.528 bits per heavy atom. The van der Waals surface area contributed by atoms with Crippen molar-refractivity contribution < 1.29 is 54.3 Å². The molecule has 0 aliphatic carbocycles. The summed E-state index contributed by atoms with van der Waals surface area (Å²) in [7, 11) is 0. The van der Waals surface area contributed by atoms with E-state index in [4.69, 9.17) is 11.5 Å². The number of hydrogen-bond donors (Lipinski definition) is 4. The molecule has 36 heavy (non-hydrogen) atoms. The quantitative estimate of drug-likeness (QED) is 0.373. The summed E-state index contributed by atoms with van der Waals surface area (Å²) in [5.74, 6) is -35.3. The summed E-state index contributed by atoms with van der Waals surface area (Å²) in [4.78, 5) is 45.2. The van der Waals surface area contributed by atoms with Crippen molar-refractivity contribution in [1.29, 1.82) is 0 Å². The van der Waals surface area contributed by atoms with Gasteiger partial charge in [-0.05, 0) is 48.5 Å². The number of carbonyl (C=O) groups excluding carboxylic acids is 4. The molecule has 0 heterocycles. The van der Waals surface area contributed by atoms with Gasteiger partial charge in [0.05, 0.1) is 0 Å². The van der Waals surface area contributed by atoms with Crippen LogP contribution in [-0.4, -0.2) is 47.3 Å². The largest absolute Gasteiger partial charge is 0.393 e. The molecule has 0 aliphatic heterocycles. The zero-order valence-electron chi connectivity index (χ0n) is 17.4. The number of halogens is 8. The van der Waals surface area contributed by atoms with Crippen molar-refractivity contribution in [3.8, 4) is 0 Å². The van der Waals surface area contributed by atoms with Crippen LogP contribution in [0.2, 0.25) is 0 Å². The molecule has 8 nitrogen and oxygen atoms in total. The fourth-order valence-electron chi connectivity index (χ4n) is 2.53. The summed E-state index contributed by atoms with van der Waals surface area (Å²) in [6, 6.07) is 6.31. The lowest BCUT2D eigenvalue weighted by Gasteiger charge is -2.35. The zero-order valence-corrected chi connectivity index (χ0v) is 17.4. The van der Waals surface area contributed by atoms with Crippen LogP contribution < -0.4 is 22.1 Å². The van der Waals surface area contributed by atoms with E-state index in [1.54, 1.807) is 0 Å². The number of hydrogen-bond acceptors (Lipinski definition) is 4. The molecule has 6 N–H and O–H groups in total. The van der Waals surface area contributed by atoms with E-state index in [0.29, 0.717) is 0 Å². The average Bonchev–Trinajstić information content (AvgIpc) is 2.79. The predicted molar refractivity (Wildman–Crippen MR) is 107 cm³/mol. The highest BCUT2D eigenvalue weighted by Gasteiger charge is 2.84. The molecule has 0 radical (unpaired) electrons. The monoisotopic (exact) mass is 526 g/mol. The zero-order chi connectivity index (χ0) is 27.7. The van der Waals surface area contributed by atoms with E-state index in [2.05, 4.69) is 0 Å². The topological polar surface area (TPSA) is 144 Å². The van der Waals surface area contributed by atoms with Gasteiger partial charge in [-0.2, -0.15) is 35.1 Å². The minimum atomic E-state index is -7.09. The van der Waals surface area contributed by atoms with Crippen LogP contribution in [0.15, 0.2) is 48.5 Å². The van der Waals surface area contributed by atoms with Crippen molar-refractivity contribution >= 4 is 35.0 Å². The lowest BCUT2D eigenvalue weighted by atomic mass is 9.97. The third kappa shape index (κ3) is 4.92. The van der Waals surface area contributed by atoms with Gasteiger partial charge in [-0.25, -0.2) is 0 Å². The maximum absolute atomic E-state index is 14.1. The molecule has 4 amide bonds. The molecule has 0 saturated heterocycles. The lowest BCUT2D eigenvalue weighted by molar-refractivity contribution is -0.345. The summed E-state index contributed by atoms with van der Waals surface area (Å²) >= 11 is 0. The molecule has 0 spiro atoms. The van der Waals surface area contributed by atoms with Gasteiger partial charge in [0.1, 0.15) is 0 Å². The highest BCUT2D eigenvalue weighted by molar-refractivity contribution is 6.00. The fourth-order valence-corrected chi connectivity index (χ4v) is 2.53. The van der Waals surface area contributed by atoms with Crippen molar-refractivity contribution in [2.75, 3.05) is 10.6 Å². The van der Waals surface area contributed by atoms with E-state index in [9.17, 15) is 54.3 Å². The molecule has 2 aromatic rings. The molecule has 0 aliphatic rings. The Bertz CT molecular complexity index is 1090. The molecule has 0 atom stereocenters. The normalized spacial score (nSPS) is 12.6. The second kappa shape index (κ2) is 9.43. The molecular weight excluding hydrogens is 512 g/mol. The first-order valence-corrected chi connectivity index (χ1v) is 9.30. The van der Waals surface area contributed by atoms with Gasteiger partial charge in [0, 0.05) is 22.5 Å². The summed E-state index contributed by atoms with van der Waals surface area (Å²) in [6.45, 7) is 0. The van der Waals surface area contributed by atoms with Gasteiger partial charge in [-0.15, -0.1) is 0 Å². The number of alkyl halides is 8. The van der Waals surface area contributed by atoms with Crippen LogP contribution in [0.4, 0.5) is 46.5 Å². The summed E-state index contributed by atoms with van der Waals surface area (Å²) in [5.41, 5.74) is 8.03. The Hall–Kier alpha value is -4.24.